The molecule has 1 aromatic heterocycles. The lowest BCUT2D eigenvalue weighted by atomic mass is 9.97. The minimum absolute atomic E-state index is 0.0300. The van der Waals surface area contributed by atoms with Crippen molar-refractivity contribution in [3.8, 4) is 39.5 Å². The summed E-state index contributed by atoms with van der Waals surface area (Å²) < 4.78 is 6.32. The number of imide groups is 1. The molecule has 6 aromatic rings. The number of hydrogen-bond donors (Lipinski definition) is 5. The van der Waals surface area contributed by atoms with Gasteiger partial charge in [-0.15, -0.1) is 11.3 Å². The predicted molar refractivity (Wildman–Crippen MR) is 230 cm³/mol. The van der Waals surface area contributed by atoms with Gasteiger partial charge in [0.25, 0.3) is 17.7 Å². The van der Waals surface area contributed by atoms with Crippen molar-refractivity contribution in [3.05, 3.63) is 148 Å². The number of carbonyl (C=O) groups is 6. The molecule has 2 aliphatic rings. The molecule has 1 atom stereocenters. The highest BCUT2D eigenvalue weighted by Gasteiger charge is 2.39. The van der Waals surface area contributed by atoms with E-state index in [1.54, 1.807) is 91.0 Å². The Labute approximate surface area is 357 Å². The van der Waals surface area contributed by atoms with Crippen LogP contribution < -0.4 is 20.8 Å². The zero-order valence-corrected chi connectivity index (χ0v) is 33.5. The van der Waals surface area contributed by atoms with Crippen molar-refractivity contribution in [2.24, 2.45) is 5.10 Å². The molecule has 5 aromatic carbocycles. The fourth-order valence-corrected chi connectivity index (χ4v) is 8.35. The first kappa shape index (κ1) is 40.7. The van der Waals surface area contributed by atoms with E-state index in [4.69, 9.17) is 4.74 Å². The Balaban J connectivity index is 0.805. The van der Waals surface area contributed by atoms with Gasteiger partial charge in [0.2, 0.25) is 11.8 Å². The zero-order chi connectivity index (χ0) is 43.3. The molecule has 5 amide bonds. The third-order valence-corrected chi connectivity index (χ3v) is 11.4. The van der Waals surface area contributed by atoms with Crippen molar-refractivity contribution in [2.45, 2.75) is 25.4 Å². The molecule has 1 saturated heterocycles. The van der Waals surface area contributed by atoms with Gasteiger partial charge in [-0.25, -0.2) is 5.43 Å². The van der Waals surface area contributed by atoms with Crippen molar-refractivity contribution < 1.29 is 43.7 Å². The first-order valence-corrected chi connectivity index (χ1v) is 20.1. The summed E-state index contributed by atoms with van der Waals surface area (Å²) in [4.78, 5) is 78.3. The van der Waals surface area contributed by atoms with E-state index in [1.165, 1.54) is 40.7 Å². The van der Waals surface area contributed by atoms with Crippen molar-refractivity contribution >= 4 is 63.0 Å². The van der Waals surface area contributed by atoms with Crippen LogP contribution >= 0.6 is 11.3 Å². The van der Waals surface area contributed by atoms with Gasteiger partial charge in [-0.2, -0.15) is 5.10 Å². The summed E-state index contributed by atoms with van der Waals surface area (Å²) in [6.07, 6.45) is 1.87. The normalized spacial score (nSPS) is 14.5. The largest absolute Gasteiger partial charge is 0.508 e. The van der Waals surface area contributed by atoms with Gasteiger partial charge < -0.3 is 25.2 Å². The smallest absolute Gasteiger partial charge is 0.271 e. The number of thiophene rings is 1. The number of carbonyl (C=O) groups excluding carboxylic acids is 6. The monoisotopic (exact) mass is 845 g/mol. The molecule has 8 rings (SSSR count). The number of benzene rings is 5. The average Bonchev–Trinajstić information content (AvgIpc) is 3.82. The maximum absolute atomic E-state index is 13.9. The van der Waals surface area contributed by atoms with E-state index in [0.717, 1.165) is 10.3 Å². The number of rotatable bonds is 11. The molecule has 62 heavy (non-hydrogen) atoms. The Bertz CT molecular complexity index is 2880. The molecule has 1 unspecified atom stereocenters. The van der Waals surface area contributed by atoms with Gasteiger partial charge in [0.1, 0.15) is 23.3 Å². The maximum Gasteiger partial charge on any atom is 0.271 e. The molecule has 0 saturated carbocycles. The standard InChI is InChI=1S/C47H35N5O9S/c53-32-14-12-30(13-15-32)44-42(36-19-16-33(54)23-39(36)62-44)43(57)29-8-10-31(11-9-29)45(58)51-49-24-27-6-17-34(18-7-27)61-26-41(56)48-22-2-4-28-3-1-5-35-37(28)25-52(47(35)60)38-20-21-40(55)50-46(38)59/h1,3,5-19,23-24,38,53-54H,20-22,25-26H2,(H,48,56)(H,51,58)(H,50,55,59)/b49-24+. The lowest BCUT2D eigenvalue weighted by molar-refractivity contribution is -0.137. The van der Waals surface area contributed by atoms with Gasteiger partial charge in [-0.1, -0.05) is 30.0 Å². The number of nitrogens with one attached hydrogen (secondary N) is 3. The first-order valence-electron chi connectivity index (χ1n) is 19.3. The van der Waals surface area contributed by atoms with Crippen molar-refractivity contribution in [3.63, 3.8) is 0 Å². The Hall–Kier alpha value is -8.09. The van der Waals surface area contributed by atoms with Crippen LogP contribution in [-0.2, 0) is 20.9 Å². The number of ketones is 1. The van der Waals surface area contributed by atoms with Crippen molar-refractivity contribution in [1.82, 2.24) is 21.0 Å². The van der Waals surface area contributed by atoms with Crippen LogP contribution in [0, 0.1) is 11.8 Å². The van der Waals surface area contributed by atoms with Gasteiger partial charge in [0.05, 0.1) is 12.8 Å². The molecular weight excluding hydrogens is 811 g/mol. The molecule has 14 nitrogen and oxygen atoms in total. The number of hydrogen-bond acceptors (Lipinski definition) is 11. The zero-order valence-electron chi connectivity index (χ0n) is 32.6. The van der Waals surface area contributed by atoms with E-state index in [1.807, 2.05) is 0 Å². The fourth-order valence-electron chi connectivity index (χ4n) is 7.11. The van der Waals surface area contributed by atoms with Crippen LogP contribution in [0.4, 0.5) is 0 Å². The third-order valence-electron chi connectivity index (χ3n) is 10.2. The molecule has 15 heteroatoms. The number of nitrogens with zero attached hydrogens (tertiary/aromatic N) is 2. The summed E-state index contributed by atoms with van der Waals surface area (Å²) in [5.41, 5.74) is 6.71. The van der Waals surface area contributed by atoms with E-state index < -0.39 is 23.8 Å². The van der Waals surface area contributed by atoms with Crippen LogP contribution in [0.1, 0.15) is 66.2 Å². The Morgan fingerprint density at radius 1 is 0.903 bits per heavy atom. The van der Waals surface area contributed by atoms with Gasteiger partial charge >= 0.3 is 0 Å². The van der Waals surface area contributed by atoms with Gasteiger partial charge in [-0.3, -0.25) is 34.1 Å². The summed E-state index contributed by atoms with van der Waals surface area (Å²) in [6, 6.07) is 28.7. The second-order valence-corrected chi connectivity index (χ2v) is 15.4. The van der Waals surface area contributed by atoms with E-state index in [9.17, 15) is 39.0 Å². The topological polar surface area (TPSA) is 204 Å². The Morgan fingerprint density at radius 3 is 2.40 bits per heavy atom. The molecule has 0 aliphatic carbocycles. The lowest BCUT2D eigenvalue weighted by Crippen LogP contribution is -2.52. The van der Waals surface area contributed by atoms with Gasteiger partial charge in [0.15, 0.2) is 12.4 Å². The molecule has 0 radical (unpaired) electrons. The van der Waals surface area contributed by atoms with Crippen LogP contribution in [0.15, 0.2) is 114 Å². The second kappa shape index (κ2) is 17.6. The molecule has 1 fully saturated rings. The summed E-state index contributed by atoms with van der Waals surface area (Å²) in [7, 11) is 0. The summed E-state index contributed by atoms with van der Waals surface area (Å²) in [6.45, 7) is -0.0400. The highest BCUT2D eigenvalue weighted by atomic mass is 32.1. The van der Waals surface area contributed by atoms with Crippen LogP contribution in [0.2, 0.25) is 0 Å². The number of phenolic OH excluding ortho intramolecular Hbond substituents is 2. The SMILES string of the molecule is O=C(COc1ccc(/C=N/NC(=O)c2ccc(C(=O)c3c(-c4ccc(O)cc4)sc4cc(O)ccc34)cc2)cc1)NCC#Cc1cccc2c1CN(C1CCC(=O)NC1=O)C2=O. The molecular formula is C47H35N5O9S. The highest BCUT2D eigenvalue weighted by molar-refractivity contribution is 7.22. The molecule has 308 valence electrons. The van der Waals surface area contributed by atoms with E-state index >= 15 is 0 Å². The summed E-state index contributed by atoms with van der Waals surface area (Å²) in [5.74, 6) is 4.22. The number of amides is 5. The predicted octanol–water partition coefficient (Wildman–Crippen LogP) is 5.28. The molecule has 0 bridgehead atoms. The van der Waals surface area contributed by atoms with Crippen LogP contribution in [0.5, 0.6) is 17.2 Å². The van der Waals surface area contributed by atoms with Gasteiger partial charge in [0, 0.05) is 55.7 Å². The number of piperidine rings is 1. The highest BCUT2D eigenvalue weighted by Crippen LogP contribution is 2.41. The number of phenols is 2. The van der Waals surface area contributed by atoms with Crippen LogP contribution in [0.25, 0.3) is 20.5 Å². The van der Waals surface area contributed by atoms with Crippen LogP contribution in [-0.4, -0.2) is 75.8 Å². The van der Waals surface area contributed by atoms with Crippen LogP contribution in [0.3, 0.4) is 0 Å². The molecule has 3 heterocycles. The molecule has 0 spiro atoms. The van der Waals surface area contributed by atoms with Crippen molar-refractivity contribution in [2.75, 3.05) is 13.2 Å². The summed E-state index contributed by atoms with van der Waals surface area (Å²) in [5, 5.41) is 29.5. The number of fused-ring (bicyclic) bond motifs is 2. The van der Waals surface area contributed by atoms with Crippen molar-refractivity contribution in [1.29, 1.82) is 0 Å². The van der Waals surface area contributed by atoms with E-state index in [0.29, 0.717) is 49.4 Å². The van der Waals surface area contributed by atoms with Gasteiger partial charge in [-0.05, 0) is 114 Å². The minimum Gasteiger partial charge on any atom is -0.508 e. The number of ether oxygens (including phenoxy) is 1. The van der Waals surface area contributed by atoms with E-state index in [-0.39, 0.29) is 67.2 Å². The average molecular weight is 846 g/mol. The molecule has 5 N–H and O–H groups in total. The Kier molecular flexibility index (Phi) is 11.6. The first-order chi connectivity index (χ1) is 30.0. The number of hydrazone groups is 1. The van der Waals surface area contributed by atoms with E-state index in [2.05, 4.69) is 33.0 Å². The molecule has 2 aliphatic heterocycles. The third kappa shape index (κ3) is 8.76. The number of aromatic hydroxyl groups is 2. The maximum atomic E-state index is 13.9. The minimum atomic E-state index is -0.726. The summed E-state index contributed by atoms with van der Waals surface area (Å²) >= 11 is 1.36. The lowest BCUT2D eigenvalue weighted by Gasteiger charge is -2.29. The second-order valence-electron chi connectivity index (χ2n) is 14.3. The quantitative estimate of drug-likeness (QED) is 0.0378. The Morgan fingerprint density at radius 2 is 1.65 bits per heavy atom. The fraction of sp³-hybridized carbons (Fsp3) is 0.128.